The molecule has 0 radical (unpaired) electrons. The minimum absolute atomic E-state index is 0.416. The summed E-state index contributed by atoms with van der Waals surface area (Å²) >= 11 is 2.02. The lowest BCUT2D eigenvalue weighted by Crippen LogP contribution is -2.35. The molecule has 100 valence electrons. The van der Waals surface area contributed by atoms with E-state index in [9.17, 15) is 0 Å². The average Bonchev–Trinajstić information content (AvgIpc) is 2.46. The molecule has 1 aromatic carbocycles. The second-order valence-corrected chi connectivity index (χ2v) is 6.13. The molecule has 1 unspecified atom stereocenters. The Balaban J connectivity index is 2.13. The number of anilines is 1. The Kier molecular flexibility index (Phi) is 4.95. The molecule has 0 aliphatic carbocycles. The van der Waals surface area contributed by atoms with Crippen LogP contribution in [0.3, 0.4) is 0 Å². The minimum Gasteiger partial charge on any atom is -0.371 e. The fourth-order valence-electron chi connectivity index (χ4n) is 2.63. The fourth-order valence-corrected chi connectivity index (χ4v) is 3.31. The van der Waals surface area contributed by atoms with Crippen LogP contribution < -0.4 is 10.2 Å². The van der Waals surface area contributed by atoms with Crippen LogP contribution in [0, 0.1) is 0 Å². The number of benzene rings is 1. The molecule has 1 fully saturated rings. The van der Waals surface area contributed by atoms with Gasteiger partial charge in [0.25, 0.3) is 0 Å². The second kappa shape index (κ2) is 6.48. The summed E-state index contributed by atoms with van der Waals surface area (Å²) in [4.78, 5) is 2.55. The molecule has 1 saturated heterocycles. The largest absolute Gasteiger partial charge is 0.371 e. The van der Waals surface area contributed by atoms with E-state index in [2.05, 4.69) is 47.7 Å². The first-order chi connectivity index (χ1) is 8.76. The highest BCUT2D eigenvalue weighted by Crippen LogP contribution is 2.30. The summed E-state index contributed by atoms with van der Waals surface area (Å²) in [5, 5.41) is 4.21. The van der Waals surface area contributed by atoms with E-state index in [0.717, 1.165) is 5.25 Å². The monoisotopic (exact) mass is 264 g/mol. The zero-order valence-electron chi connectivity index (χ0n) is 11.6. The minimum atomic E-state index is 0.416. The van der Waals surface area contributed by atoms with E-state index in [-0.39, 0.29) is 0 Å². The third kappa shape index (κ3) is 3.01. The first-order valence-corrected chi connectivity index (χ1v) is 8.09. The number of hydrogen-bond donors (Lipinski definition) is 1. The van der Waals surface area contributed by atoms with Gasteiger partial charge >= 0.3 is 0 Å². The Morgan fingerprint density at radius 3 is 2.56 bits per heavy atom. The first-order valence-electron chi connectivity index (χ1n) is 6.80. The van der Waals surface area contributed by atoms with Gasteiger partial charge in [-0.2, -0.15) is 11.8 Å². The van der Waals surface area contributed by atoms with Crippen molar-refractivity contribution in [2.45, 2.75) is 31.1 Å². The maximum atomic E-state index is 3.35. The SMILES string of the molecule is CNC(C)c1ccccc1N1CCC(SC)CC1. The molecule has 1 aromatic rings. The van der Waals surface area contributed by atoms with Gasteiger partial charge in [-0.25, -0.2) is 0 Å². The van der Waals surface area contributed by atoms with E-state index in [1.165, 1.54) is 37.2 Å². The summed E-state index contributed by atoms with van der Waals surface area (Å²) in [5.74, 6) is 0. The molecule has 1 N–H and O–H groups in total. The molecule has 0 spiro atoms. The number of para-hydroxylation sites is 1. The molecule has 0 aromatic heterocycles. The number of hydrogen-bond acceptors (Lipinski definition) is 3. The number of nitrogens with one attached hydrogen (secondary N) is 1. The first kappa shape index (κ1) is 13.8. The van der Waals surface area contributed by atoms with E-state index in [1.54, 1.807) is 0 Å². The standard InChI is InChI=1S/C15H24N2S/c1-12(16-2)14-6-4-5-7-15(14)17-10-8-13(18-3)9-11-17/h4-7,12-13,16H,8-11H2,1-3H3. The van der Waals surface area contributed by atoms with E-state index < -0.39 is 0 Å². The smallest absolute Gasteiger partial charge is 0.0414 e. The van der Waals surface area contributed by atoms with Crippen molar-refractivity contribution in [1.82, 2.24) is 5.32 Å². The van der Waals surface area contributed by atoms with Gasteiger partial charge in [-0.15, -0.1) is 0 Å². The maximum absolute atomic E-state index is 3.35. The fraction of sp³-hybridized carbons (Fsp3) is 0.600. The lowest BCUT2D eigenvalue weighted by molar-refractivity contribution is 0.582. The van der Waals surface area contributed by atoms with Crippen LogP contribution in [0.25, 0.3) is 0 Å². The van der Waals surface area contributed by atoms with E-state index in [1.807, 2.05) is 18.8 Å². The molecule has 0 bridgehead atoms. The molecule has 1 aliphatic rings. The summed E-state index contributed by atoms with van der Waals surface area (Å²) in [6.07, 6.45) is 4.85. The van der Waals surface area contributed by atoms with Gasteiger partial charge in [0, 0.05) is 30.1 Å². The number of piperidine rings is 1. The van der Waals surface area contributed by atoms with Gasteiger partial charge in [0.2, 0.25) is 0 Å². The van der Waals surface area contributed by atoms with Gasteiger partial charge in [-0.05, 0) is 44.7 Å². The number of nitrogens with zero attached hydrogens (tertiary/aromatic N) is 1. The highest BCUT2D eigenvalue weighted by Gasteiger charge is 2.21. The molecule has 1 atom stereocenters. The molecule has 1 aliphatic heterocycles. The summed E-state index contributed by atoms with van der Waals surface area (Å²) in [6.45, 7) is 4.62. The summed E-state index contributed by atoms with van der Waals surface area (Å²) in [5.41, 5.74) is 2.83. The van der Waals surface area contributed by atoms with Crippen molar-refractivity contribution in [2.75, 3.05) is 31.3 Å². The highest BCUT2D eigenvalue weighted by molar-refractivity contribution is 7.99. The maximum Gasteiger partial charge on any atom is 0.0414 e. The van der Waals surface area contributed by atoms with Gasteiger partial charge < -0.3 is 10.2 Å². The highest BCUT2D eigenvalue weighted by atomic mass is 32.2. The van der Waals surface area contributed by atoms with Crippen LogP contribution in [0.15, 0.2) is 24.3 Å². The van der Waals surface area contributed by atoms with Crippen molar-refractivity contribution in [1.29, 1.82) is 0 Å². The van der Waals surface area contributed by atoms with Gasteiger partial charge in [-0.1, -0.05) is 18.2 Å². The molecule has 1 heterocycles. The second-order valence-electron chi connectivity index (χ2n) is 4.99. The summed E-state index contributed by atoms with van der Waals surface area (Å²) in [7, 11) is 2.03. The molecular weight excluding hydrogens is 240 g/mol. The van der Waals surface area contributed by atoms with Gasteiger partial charge in [0.1, 0.15) is 0 Å². The van der Waals surface area contributed by atoms with Crippen molar-refractivity contribution in [2.24, 2.45) is 0 Å². The van der Waals surface area contributed by atoms with Crippen LogP contribution in [-0.2, 0) is 0 Å². The third-order valence-electron chi connectivity index (χ3n) is 3.95. The zero-order chi connectivity index (χ0) is 13.0. The molecule has 0 saturated carbocycles. The van der Waals surface area contributed by atoms with Crippen LogP contribution in [0.1, 0.15) is 31.4 Å². The third-order valence-corrected chi connectivity index (χ3v) is 5.09. The topological polar surface area (TPSA) is 15.3 Å². The van der Waals surface area contributed by atoms with Crippen molar-refractivity contribution in [3.05, 3.63) is 29.8 Å². The van der Waals surface area contributed by atoms with E-state index in [4.69, 9.17) is 0 Å². The van der Waals surface area contributed by atoms with Crippen LogP contribution in [0.5, 0.6) is 0 Å². The quantitative estimate of drug-likeness (QED) is 0.898. The molecule has 2 rings (SSSR count). The predicted octanol–water partition coefficient (Wildman–Crippen LogP) is 3.30. The Labute approximate surface area is 115 Å². The van der Waals surface area contributed by atoms with Crippen molar-refractivity contribution in [3.63, 3.8) is 0 Å². The van der Waals surface area contributed by atoms with Crippen molar-refractivity contribution < 1.29 is 0 Å². The number of thioether (sulfide) groups is 1. The van der Waals surface area contributed by atoms with Crippen molar-refractivity contribution in [3.8, 4) is 0 Å². The van der Waals surface area contributed by atoms with E-state index in [0.29, 0.717) is 6.04 Å². The Hall–Kier alpha value is -0.670. The molecule has 3 heteroatoms. The zero-order valence-corrected chi connectivity index (χ0v) is 12.5. The van der Waals surface area contributed by atoms with Gasteiger partial charge in [-0.3, -0.25) is 0 Å². The molecule has 0 amide bonds. The molecular formula is C15H24N2S. The lowest BCUT2D eigenvalue weighted by Gasteiger charge is -2.35. The van der Waals surface area contributed by atoms with Crippen LogP contribution in [0.2, 0.25) is 0 Å². The van der Waals surface area contributed by atoms with Crippen molar-refractivity contribution >= 4 is 17.4 Å². The Bertz CT molecular complexity index is 373. The lowest BCUT2D eigenvalue weighted by atomic mass is 10.0. The van der Waals surface area contributed by atoms with Gasteiger partial charge in [0.15, 0.2) is 0 Å². The molecule has 18 heavy (non-hydrogen) atoms. The summed E-state index contributed by atoms with van der Waals surface area (Å²) in [6, 6.07) is 9.22. The van der Waals surface area contributed by atoms with Crippen LogP contribution >= 0.6 is 11.8 Å². The summed E-state index contributed by atoms with van der Waals surface area (Å²) < 4.78 is 0. The van der Waals surface area contributed by atoms with Gasteiger partial charge in [0.05, 0.1) is 0 Å². The average molecular weight is 264 g/mol. The van der Waals surface area contributed by atoms with Crippen LogP contribution in [-0.4, -0.2) is 31.6 Å². The van der Waals surface area contributed by atoms with E-state index >= 15 is 0 Å². The van der Waals surface area contributed by atoms with Crippen LogP contribution in [0.4, 0.5) is 5.69 Å². The predicted molar refractivity (Wildman–Crippen MR) is 82.7 cm³/mol. The Morgan fingerprint density at radius 1 is 1.28 bits per heavy atom. The number of rotatable bonds is 4. The Morgan fingerprint density at radius 2 is 1.94 bits per heavy atom. The normalized spacial score (nSPS) is 18.9. The molecule has 2 nitrogen and oxygen atoms in total.